The predicted molar refractivity (Wildman–Crippen MR) is 122 cm³/mol. The number of rotatable bonds is 7. The van der Waals surface area contributed by atoms with Crippen molar-refractivity contribution in [3.05, 3.63) is 98.6 Å². The average molecular weight is 447 g/mol. The zero-order valence-electron chi connectivity index (χ0n) is 17.8. The zero-order valence-corrected chi connectivity index (χ0v) is 17.8. The highest BCUT2D eigenvalue weighted by molar-refractivity contribution is 6.02. The van der Waals surface area contributed by atoms with Crippen molar-refractivity contribution in [2.24, 2.45) is 0 Å². The minimum atomic E-state index is -0.547. The Bertz CT molecular complexity index is 1430. The van der Waals surface area contributed by atoms with Gasteiger partial charge in [0.2, 0.25) is 0 Å². The molecule has 0 aliphatic rings. The number of H-pyrrole nitrogens is 1. The molecule has 2 aromatic carbocycles. The molecule has 2 aromatic heterocycles. The van der Waals surface area contributed by atoms with E-state index in [9.17, 15) is 19.2 Å². The summed E-state index contributed by atoms with van der Waals surface area (Å²) in [5.41, 5.74) is 1.24. The maximum Gasteiger partial charge on any atom is 0.338 e. The molecule has 4 aromatic rings. The number of esters is 1. The molecule has 0 spiro atoms. The Morgan fingerprint density at radius 2 is 1.85 bits per heavy atom. The van der Waals surface area contributed by atoms with Crippen LogP contribution in [0.4, 0.5) is 5.69 Å². The molecule has 0 unspecified atom stereocenters. The van der Waals surface area contributed by atoms with Gasteiger partial charge in [0.15, 0.2) is 5.76 Å². The number of aryl methyl sites for hydroxylation is 1. The van der Waals surface area contributed by atoms with Gasteiger partial charge in [0.1, 0.15) is 0 Å². The molecule has 2 N–H and O–H groups in total. The second-order valence-corrected chi connectivity index (χ2v) is 7.44. The van der Waals surface area contributed by atoms with E-state index in [0.717, 1.165) is 10.1 Å². The number of fused-ring (bicyclic) bond motifs is 1. The zero-order chi connectivity index (χ0) is 23.4. The fraction of sp³-hybridized carbons (Fsp3) is 0.167. The molecule has 2 heterocycles. The summed E-state index contributed by atoms with van der Waals surface area (Å²) in [4.78, 5) is 51.7. The first-order valence-electron chi connectivity index (χ1n) is 10.3. The van der Waals surface area contributed by atoms with Crippen molar-refractivity contribution in [1.82, 2.24) is 9.55 Å². The fourth-order valence-electron chi connectivity index (χ4n) is 3.31. The van der Waals surface area contributed by atoms with E-state index in [-0.39, 0.29) is 24.5 Å². The highest BCUT2D eigenvalue weighted by Gasteiger charge is 2.12. The summed E-state index contributed by atoms with van der Waals surface area (Å²) in [7, 11) is 0. The third-order valence-electron chi connectivity index (χ3n) is 4.98. The standard InChI is InChI=1S/C24H21N3O6/c1-15-13-20(33-14-15)21(28)25-17-9-7-16(8-10-17)23(30)32-12-4-11-27-22(29)18-5-2-3-6-19(18)26-24(27)31/h2-3,5-10,13-14H,4,11-12H2,1H3,(H,25,28)(H,26,31). The molecular weight excluding hydrogens is 426 g/mol. The maximum absolute atomic E-state index is 12.5. The van der Waals surface area contributed by atoms with Crippen molar-refractivity contribution in [3.63, 3.8) is 0 Å². The van der Waals surface area contributed by atoms with Gasteiger partial charge in [0.05, 0.1) is 29.3 Å². The molecule has 0 saturated carbocycles. The molecule has 0 saturated heterocycles. The van der Waals surface area contributed by atoms with Crippen molar-refractivity contribution in [1.29, 1.82) is 0 Å². The lowest BCUT2D eigenvalue weighted by Crippen LogP contribution is -2.35. The lowest BCUT2D eigenvalue weighted by molar-refractivity contribution is 0.0495. The lowest BCUT2D eigenvalue weighted by Gasteiger charge is -2.08. The molecule has 0 atom stereocenters. The van der Waals surface area contributed by atoms with Crippen LogP contribution in [-0.2, 0) is 11.3 Å². The number of carbonyl (C=O) groups excluding carboxylic acids is 2. The maximum atomic E-state index is 12.5. The Balaban J connectivity index is 1.30. The monoisotopic (exact) mass is 447 g/mol. The quantitative estimate of drug-likeness (QED) is 0.331. The fourth-order valence-corrected chi connectivity index (χ4v) is 3.31. The molecule has 4 rings (SSSR count). The van der Waals surface area contributed by atoms with Crippen LogP contribution in [0.15, 0.2) is 74.9 Å². The van der Waals surface area contributed by atoms with Gasteiger partial charge in [-0.15, -0.1) is 0 Å². The number of hydrogen-bond acceptors (Lipinski definition) is 6. The lowest BCUT2D eigenvalue weighted by atomic mass is 10.2. The predicted octanol–water partition coefficient (Wildman–Crippen LogP) is 3.09. The number of para-hydroxylation sites is 1. The molecule has 168 valence electrons. The first kappa shape index (κ1) is 21.8. The summed E-state index contributed by atoms with van der Waals surface area (Å²) in [6, 6.07) is 14.6. The van der Waals surface area contributed by atoms with Gasteiger partial charge >= 0.3 is 11.7 Å². The summed E-state index contributed by atoms with van der Waals surface area (Å²) in [5.74, 6) is -0.744. The summed E-state index contributed by atoms with van der Waals surface area (Å²) in [6.45, 7) is 1.97. The normalized spacial score (nSPS) is 10.8. The number of aromatic nitrogens is 2. The number of aromatic amines is 1. The number of amides is 1. The van der Waals surface area contributed by atoms with Crippen molar-refractivity contribution >= 4 is 28.5 Å². The highest BCUT2D eigenvalue weighted by Crippen LogP contribution is 2.14. The van der Waals surface area contributed by atoms with Gasteiger partial charge < -0.3 is 19.5 Å². The Morgan fingerprint density at radius 3 is 2.58 bits per heavy atom. The van der Waals surface area contributed by atoms with E-state index in [1.54, 1.807) is 42.5 Å². The van der Waals surface area contributed by atoms with Crippen molar-refractivity contribution in [2.45, 2.75) is 19.9 Å². The largest absolute Gasteiger partial charge is 0.462 e. The number of ether oxygens (including phenoxy) is 1. The van der Waals surface area contributed by atoms with Crippen LogP contribution in [0.5, 0.6) is 0 Å². The number of benzene rings is 2. The van der Waals surface area contributed by atoms with Crippen molar-refractivity contribution in [2.75, 3.05) is 11.9 Å². The van der Waals surface area contributed by atoms with Gasteiger partial charge in [-0.1, -0.05) is 12.1 Å². The van der Waals surface area contributed by atoms with Gasteiger partial charge in [-0.2, -0.15) is 0 Å². The number of nitrogens with one attached hydrogen (secondary N) is 2. The molecular formula is C24H21N3O6. The Labute approximate surface area is 187 Å². The van der Waals surface area contributed by atoms with Gasteiger partial charge in [-0.05, 0) is 61.4 Å². The van der Waals surface area contributed by atoms with Crippen molar-refractivity contribution < 1.29 is 18.7 Å². The molecule has 33 heavy (non-hydrogen) atoms. The van der Waals surface area contributed by atoms with E-state index in [0.29, 0.717) is 28.6 Å². The van der Waals surface area contributed by atoms with Crippen LogP contribution in [-0.4, -0.2) is 28.0 Å². The van der Waals surface area contributed by atoms with Crippen LogP contribution < -0.4 is 16.6 Å². The van der Waals surface area contributed by atoms with E-state index in [4.69, 9.17) is 9.15 Å². The SMILES string of the molecule is Cc1coc(C(=O)Nc2ccc(C(=O)OCCCn3c(=O)[nH]c4ccccc4c3=O)cc2)c1. The van der Waals surface area contributed by atoms with Crippen LogP contribution in [0.2, 0.25) is 0 Å². The number of carbonyl (C=O) groups is 2. The first-order chi connectivity index (χ1) is 15.9. The van der Waals surface area contributed by atoms with E-state index in [1.165, 1.54) is 18.4 Å². The summed E-state index contributed by atoms with van der Waals surface area (Å²) < 4.78 is 11.5. The molecule has 0 aliphatic heterocycles. The van der Waals surface area contributed by atoms with E-state index in [1.807, 2.05) is 6.92 Å². The minimum absolute atomic E-state index is 0.0356. The van der Waals surface area contributed by atoms with Gasteiger partial charge in [-0.25, -0.2) is 9.59 Å². The first-order valence-corrected chi connectivity index (χ1v) is 10.3. The molecule has 0 fully saturated rings. The molecule has 0 radical (unpaired) electrons. The smallest absolute Gasteiger partial charge is 0.338 e. The molecule has 0 bridgehead atoms. The Kier molecular flexibility index (Phi) is 6.21. The van der Waals surface area contributed by atoms with Gasteiger partial charge in [0, 0.05) is 12.2 Å². The number of furan rings is 1. The highest BCUT2D eigenvalue weighted by atomic mass is 16.5. The van der Waals surface area contributed by atoms with Crippen molar-refractivity contribution in [3.8, 4) is 0 Å². The second-order valence-electron chi connectivity index (χ2n) is 7.44. The Hall–Kier alpha value is -4.40. The number of hydrogen-bond donors (Lipinski definition) is 2. The number of nitrogens with zero attached hydrogens (tertiary/aromatic N) is 1. The van der Waals surface area contributed by atoms with E-state index >= 15 is 0 Å². The van der Waals surface area contributed by atoms with E-state index < -0.39 is 17.6 Å². The van der Waals surface area contributed by atoms with E-state index in [2.05, 4.69) is 10.3 Å². The van der Waals surface area contributed by atoms with Crippen LogP contribution in [0, 0.1) is 6.92 Å². The third-order valence-corrected chi connectivity index (χ3v) is 4.98. The summed E-state index contributed by atoms with van der Waals surface area (Å²) in [6.07, 6.45) is 1.78. The summed E-state index contributed by atoms with van der Waals surface area (Å²) >= 11 is 0. The number of anilines is 1. The molecule has 9 nitrogen and oxygen atoms in total. The minimum Gasteiger partial charge on any atom is -0.462 e. The van der Waals surface area contributed by atoms with Crippen LogP contribution in [0.25, 0.3) is 10.9 Å². The molecule has 9 heteroatoms. The third kappa shape index (κ3) is 4.93. The second kappa shape index (κ2) is 9.39. The van der Waals surface area contributed by atoms with Crippen LogP contribution in [0.3, 0.4) is 0 Å². The summed E-state index contributed by atoms with van der Waals surface area (Å²) in [5, 5.41) is 3.10. The van der Waals surface area contributed by atoms with Crippen LogP contribution >= 0.6 is 0 Å². The van der Waals surface area contributed by atoms with Gasteiger partial charge in [-0.3, -0.25) is 14.2 Å². The van der Waals surface area contributed by atoms with Crippen LogP contribution in [0.1, 0.15) is 32.9 Å². The average Bonchev–Trinajstić information content (AvgIpc) is 3.25. The molecule has 0 aliphatic carbocycles. The Morgan fingerprint density at radius 1 is 1.09 bits per heavy atom. The molecule has 1 amide bonds. The topological polar surface area (TPSA) is 123 Å². The van der Waals surface area contributed by atoms with Gasteiger partial charge in [0.25, 0.3) is 11.5 Å².